The van der Waals surface area contributed by atoms with Crippen molar-refractivity contribution in [3.8, 4) is 0 Å². The number of nitrogens with one attached hydrogen (secondary N) is 2. The van der Waals surface area contributed by atoms with Crippen molar-refractivity contribution in [3.05, 3.63) is 124 Å². The van der Waals surface area contributed by atoms with Crippen LogP contribution in [0.15, 0.2) is 91.1 Å². The van der Waals surface area contributed by atoms with Crippen LogP contribution in [0, 0.1) is 0 Å². The number of carbonyl (C=O) groups is 1. The molecular formula is C36H38Cl2N6O. The molecule has 0 aliphatic carbocycles. The predicted octanol–water partition coefficient (Wildman–Crippen LogP) is 8.02. The van der Waals surface area contributed by atoms with Crippen molar-refractivity contribution < 1.29 is 4.79 Å². The van der Waals surface area contributed by atoms with E-state index in [-0.39, 0.29) is 24.0 Å². The number of para-hydroxylation sites is 1. The minimum atomic E-state index is -0.152. The Labute approximate surface area is 274 Å². The van der Waals surface area contributed by atoms with Crippen LogP contribution in [0.5, 0.6) is 0 Å². The molecule has 0 spiro atoms. The maximum atomic E-state index is 13.8. The number of hydrogen-bond donors (Lipinski definition) is 2. The van der Waals surface area contributed by atoms with Gasteiger partial charge >= 0.3 is 0 Å². The first-order chi connectivity index (χ1) is 21.9. The molecule has 3 aromatic carbocycles. The van der Waals surface area contributed by atoms with Gasteiger partial charge in [-0.25, -0.2) is 4.98 Å². The van der Waals surface area contributed by atoms with Gasteiger partial charge in [-0.3, -0.25) is 14.7 Å². The number of nitrogens with zero attached hydrogens (tertiary/aromatic N) is 4. The van der Waals surface area contributed by atoms with Crippen LogP contribution >= 0.6 is 23.2 Å². The molecule has 1 amide bonds. The van der Waals surface area contributed by atoms with Gasteiger partial charge < -0.3 is 15.2 Å². The number of hydrogen-bond acceptors (Lipinski definition) is 5. The molecule has 1 aliphatic heterocycles. The fourth-order valence-electron chi connectivity index (χ4n) is 6.54. The number of benzene rings is 3. The van der Waals surface area contributed by atoms with Crippen LogP contribution in [0.4, 0.5) is 5.95 Å². The Bertz CT molecular complexity index is 1740. The van der Waals surface area contributed by atoms with E-state index in [2.05, 4.69) is 45.3 Å². The largest absolute Gasteiger partial charge is 0.353 e. The average Bonchev–Trinajstić information content (AvgIpc) is 3.49. The fraction of sp³-hybridized carbons (Fsp3) is 0.306. The molecule has 5 aromatic rings. The summed E-state index contributed by atoms with van der Waals surface area (Å²) in [4.78, 5) is 31.0. The Morgan fingerprint density at radius 1 is 1.00 bits per heavy atom. The van der Waals surface area contributed by atoms with Crippen molar-refractivity contribution in [2.45, 2.75) is 50.7 Å². The van der Waals surface area contributed by atoms with Gasteiger partial charge in [0.1, 0.15) is 0 Å². The summed E-state index contributed by atoms with van der Waals surface area (Å²) in [6, 6.07) is 27.8. The maximum Gasteiger partial charge on any atom is 0.254 e. The Balaban J connectivity index is 1.19. The Hall–Kier alpha value is -3.91. The highest BCUT2D eigenvalue weighted by Gasteiger charge is 2.36. The molecule has 7 nitrogen and oxygen atoms in total. The maximum absolute atomic E-state index is 13.8. The SMILES string of the molecule is CCC(c1ccc(Cl)c(Cl)c1)C(N1CCC(Nc2nc3c(Cc4ccccn4)cccc3[nH]2)CC1)N(C)C(=O)c1ccccc1. The Kier molecular flexibility index (Phi) is 9.69. The van der Waals surface area contributed by atoms with Crippen molar-refractivity contribution >= 4 is 46.1 Å². The summed E-state index contributed by atoms with van der Waals surface area (Å²) in [6.07, 6.45) is 5.08. The molecule has 9 heteroatoms. The second kappa shape index (κ2) is 14.0. The number of aromatic nitrogens is 3. The van der Waals surface area contributed by atoms with Crippen molar-refractivity contribution in [2.24, 2.45) is 0 Å². The number of anilines is 1. The number of piperidine rings is 1. The molecule has 2 unspecified atom stereocenters. The first-order valence-electron chi connectivity index (χ1n) is 15.6. The molecule has 232 valence electrons. The third-order valence-electron chi connectivity index (χ3n) is 8.85. The number of rotatable bonds is 10. The lowest BCUT2D eigenvalue weighted by Crippen LogP contribution is -2.55. The zero-order valence-electron chi connectivity index (χ0n) is 25.6. The number of aromatic amines is 1. The van der Waals surface area contributed by atoms with E-state index in [0.717, 1.165) is 72.6 Å². The molecule has 1 fully saturated rings. The summed E-state index contributed by atoms with van der Waals surface area (Å²) in [5.41, 5.74) is 5.90. The van der Waals surface area contributed by atoms with Crippen molar-refractivity contribution in [2.75, 3.05) is 25.5 Å². The smallest absolute Gasteiger partial charge is 0.254 e. The quantitative estimate of drug-likeness (QED) is 0.162. The number of likely N-dealkylation sites (N-methyl/N-ethyl adjacent to an activating group) is 1. The summed E-state index contributed by atoms with van der Waals surface area (Å²) < 4.78 is 0. The number of fused-ring (bicyclic) bond motifs is 1. The molecule has 1 aliphatic rings. The van der Waals surface area contributed by atoms with E-state index in [4.69, 9.17) is 28.2 Å². The van der Waals surface area contributed by atoms with Gasteiger partial charge in [-0.15, -0.1) is 0 Å². The second-order valence-electron chi connectivity index (χ2n) is 11.7. The zero-order valence-corrected chi connectivity index (χ0v) is 27.1. The van der Waals surface area contributed by atoms with Crippen molar-refractivity contribution in [1.82, 2.24) is 24.8 Å². The molecule has 2 N–H and O–H groups in total. The highest BCUT2D eigenvalue weighted by molar-refractivity contribution is 6.42. The van der Waals surface area contributed by atoms with E-state index in [9.17, 15) is 4.79 Å². The van der Waals surface area contributed by atoms with E-state index in [1.54, 1.807) is 0 Å². The summed E-state index contributed by atoms with van der Waals surface area (Å²) >= 11 is 12.8. The van der Waals surface area contributed by atoms with E-state index in [0.29, 0.717) is 15.6 Å². The van der Waals surface area contributed by atoms with Gasteiger partial charge in [0.15, 0.2) is 0 Å². The zero-order chi connectivity index (χ0) is 31.3. The molecule has 2 aromatic heterocycles. The number of H-pyrrole nitrogens is 1. The van der Waals surface area contributed by atoms with Gasteiger partial charge in [-0.2, -0.15) is 0 Å². The first-order valence-corrected chi connectivity index (χ1v) is 16.3. The topological polar surface area (TPSA) is 77.2 Å². The normalized spacial score (nSPS) is 15.6. The second-order valence-corrected chi connectivity index (χ2v) is 12.5. The van der Waals surface area contributed by atoms with E-state index in [1.807, 2.05) is 84.9 Å². The number of pyridine rings is 1. The van der Waals surface area contributed by atoms with Crippen LogP contribution in [0.25, 0.3) is 11.0 Å². The van der Waals surface area contributed by atoms with Gasteiger partial charge in [-0.05, 0) is 72.9 Å². The van der Waals surface area contributed by atoms with Crippen LogP contribution in [-0.2, 0) is 6.42 Å². The summed E-state index contributed by atoms with van der Waals surface area (Å²) in [6.45, 7) is 3.83. The van der Waals surface area contributed by atoms with Gasteiger partial charge in [-0.1, -0.05) is 72.6 Å². The number of amides is 1. The number of carbonyl (C=O) groups excluding carboxylic acids is 1. The third kappa shape index (κ3) is 7.01. The van der Waals surface area contributed by atoms with Crippen LogP contribution in [0.3, 0.4) is 0 Å². The average molecular weight is 642 g/mol. The Morgan fingerprint density at radius 2 is 1.78 bits per heavy atom. The standard InChI is InChI=1S/C36H38Cl2N6O/c1-3-29(25-15-16-30(37)31(38)23-25)34(43(2)35(45)24-10-5-4-6-11-24)44-20-17-27(18-21-44)40-36-41-32-14-9-12-26(33(32)42-36)22-28-13-7-8-19-39-28/h4-16,19,23,27,29,34H,3,17-18,20-22H2,1-2H3,(H2,40,41,42). The summed E-state index contributed by atoms with van der Waals surface area (Å²) in [5.74, 6) is 0.838. The molecule has 0 saturated carbocycles. The Morgan fingerprint density at radius 3 is 2.49 bits per heavy atom. The van der Waals surface area contributed by atoms with E-state index in [1.165, 1.54) is 0 Å². The molecule has 2 atom stereocenters. The number of likely N-dealkylation sites (tertiary alicyclic amines) is 1. The predicted molar refractivity (Wildman–Crippen MR) is 183 cm³/mol. The molecular weight excluding hydrogens is 603 g/mol. The molecule has 6 rings (SSSR count). The van der Waals surface area contributed by atoms with Crippen molar-refractivity contribution in [3.63, 3.8) is 0 Å². The van der Waals surface area contributed by atoms with Crippen LogP contribution in [-0.4, -0.2) is 63.0 Å². The molecule has 1 saturated heterocycles. The molecule has 0 bridgehead atoms. The third-order valence-corrected chi connectivity index (χ3v) is 9.59. The van der Waals surface area contributed by atoms with Crippen molar-refractivity contribution in [1.29, 1.82) is 0 Å². The van der Waals surface area contributed by atoms with Crippen LogP contribution < -0.4 is 5.32 Å². The lowest BCUT2D eigenvalue weighted by molar-refractivity contribution is 0.0201. The first kappa shape index (κ1) is 31.1. The number of halogens is 2. The molecule has 0 radical (unpaired) electrons. The lowest BCUT2D eigenvalue weighted by atomic mass is 9.90. The van der Waals surface area contributed by atoms with Crippen LogP contribution in [0.1, 0.15) is 59.3 Å². The molecule has 3 heterocycles. The minimum absolute atomic E-state index is 0.00291. The van der Waals surface area contributed by atoms with Crippen LogP contribution in [0.2, 0.25) is 10.0 Å². The van der Waals surface area contributed by atoms with E-state index < -0.39 is 0 Å². The summed E-state index contributed by atoms with van der Waals surface area (Å²) in [7, 11) is 1.92. The van der Waals surface area contributed by atoms with Gasteiger partial charge in [0.25, 0.3) is 5.91 Å². The monoisotopic (exact) mass is 640 g/mol. The van der Waals surface area contributed by atoms with Gasteiger partial charge in [0.2, 0.25) is 5.95 Å². The molecule has 45 heavy (non-hydrogen) atoms. The fourth-order valence-corrected chi connectivity index (χ4v) is 6.84. The number of imidazole rings is 1. The van der Waals surface area contributed by atoms with Gasteiger partial charge in [0, 0.05) is 56.0 Å². The van der Waals surface area contributed by atoms with Gasteiger partial charge in [0.05, 0.1) is 27.2 Å². The highest BCUT2D eigenvalue weighted by atomic mass is 35.5. The summed E-state index contributed by atoms with van der Waals surface area (Å²) in [5, 5.41) is 4.72. The van der Waals surface area contributed by atoms with E-state index >= 15 is 0 Å². The lowest BCUT2D eigenvalue weighted by Gasteiger charge is -2.45. The minimum Gasteiger partial charge on any atom is -0.353 e. The highest BCUT2D eigenvalue weighted by Crippen LogP contribution is 2.35.